The number of carbonyl (C=O) groups is 2. The molecule has 4 heterocycles. The first kappa shape index (κ1) is 20.4. The number of aromatic nitrogens is 2. The minimum atomic E-state index is 0.0936. The van der Waals surface area contributed by atoms with E-state index in [-0.39, 0.29) is 17.9 Å². The molecule has 0 radical (unpaired) electrons. The van der Waals surface area contributed by atoms with Crippen molar-refractivity contribution >= 4 is 11.8 Å². The lowest BCUT2D eigenvalue weighted by Gasteiger charge is -2.42. The number of amides is 2. The van der Waals surface area contributed by atoms with Crippen molar-refractivity contribution in [3.63, 3.8) is 0 Å². The molecular weight excluding hydrogens is 366 g/mol. The summed E-state index contributed by atoms with van der Waals surface area (Å²) in [7, 11) is 0. The van der Waals surface area contributed by atoms with Crippen molar-refractivity contribution in [3.8, 4) is 0 Å². The van der Waals surface area contributed by atoms with E-state index < -0.39 is 0 Å². The maximum absolute atomic E-state index is 12.8. The number of piperidine rings is 2. The van der Waals surface area contributed by atoms with Gasteiger partial charge in [-0.3, -0.25) is 19.2 Å². The highest BCUT2D eigenvalue weighted by Gasteiger charge is 2.34. The molecular formula is C22H35N5O2. The van der Waals surface area contributed by atoms with E-state index in [1.54, 1.807) is 6.20 Å². The molecule has 0 N–H and O–H groups in total. The number of hydrogen-bond acceptors (Lipinski definition) is 4. The van der Waals surface area contributed by atoms with Crippen molar-refractivity contribution in [1.29, 1.82) is 0 Å². The lowest BCUT2D eigenvalue weighted by Crippen LogP contribution is -2.51. The molecule has 29 heavy (non-hydrogen) atoms. The first-order valence-electron chi connectivity index (χ1n) is 11.4. The Morgan fingerprint density at radius 1 is 0.966 bits per heavy atom. The summed E-state index contributed by atoms with van der Waals surface area (Å²) < 4.78 is 1.84. The van der Waals surface area contributed by atoms with E-state index in [4.69, 9.17) is 0 Å². The molecule has 0 bridgehead atoms. The highest BCUT2D eigenvalue weighted by atomic mass is 16.2. The fraction of sp³-hybridized carbons (Fsp3) is 0.773. The first-order valence-corrected chi connectivity index (χ1v) is 11.4. The summed E-state index contributed by atoms with van der Waals surface area (Å²) in [6.45, 7) is 9.58. The zero-order valence-corrected chi connectivity index (χ0v) is 17.9. The Bertz CT molecular complexity index is 717. The minimum absolute atomic E-state index is 0.0936. The predicted molar refractivity (Wildman–Crippen MR) is 112 cm³/mol. The molecule has 7 heteroatoms. The van der Waals surface area contributed by atoms with Crippen molar-refractivity contribution < 1.29 is 9.59 Å². The van der Waals surface area contributed by atoms with Crippen LogP contribution in [0.25, 0.3) is 0 Å². The summed E-state index contributed by atoms with van der Waals surface area (Å²) in [6, 6.07) is 0.754. The van der Waals surface area contributed by atoms with Gasteiger partial charge < -0.3 is 9.80 Å². The van der Waals surface area contributed by atoms with Gasteiger partial charge >= 0.3 is 0 Å². The van der Waals surface area contributed by atoms with Crippen molar-refractivity contribution in [3.05, 3.63) is 18.0 Å². The van der Waals surface area contributed by atoms with Crippen molar-refractivity contribution in [2.24, 2.45) is 5.92 Å². The molecule has 7 nitrogen and oxygen atoms in total. The predicted octanol–water partition coefficient (Wildman–Crippen LogP) is 2.40. The van der Waals surface area contributed by atoms with Crippen LogP contribution in [0.15, 0.2) is 12.4 Å². The average Bonchev–Trinajstić information content (AvgIpc) is 3.45. The van der Waals surface area contributed by atoms with Gasteiger partial charge in [0.1, 0.15) is 0 Å². The molecule has 1 aromatic heterocycles. The van der Waals surface area contributed by atoms with Gasteiger partial charge in [0.05, 0.1) is 17.7 Å². The molecule has 3 saturated heterocycles. The highest BCUT2D eigenvalue weighted by molar-refractivity contribution is 5.93. The molecule has 0 aliphatic carbocycles. The number of rotatable bonds is 4. The van der Waals surface area contributed by atoms with Crippen LogP contribution in [0.5, 0.6) is 0 Å². The second-order valence-corrected chi connectivity index (χ2v) is 9.19. The zero-order chi connectivity index (χ0) is 20.4. The largest absolute Gasteiger partial charge is 0.342 e. The van der Waals surface area contributed by atoms with Gasteiger partial charge in [-0.1, -0.05) is 0 Å². The van der Waals surface area contributed by atoms with Crippen LogP contribution in [0.2, 0.25) is 0 Å². The van der Waals surface area contributed by atoms with Crippen LogP contribution in [0.1, 0.15) is 68.8 Å². The van der Waals surface area contributed by atoms with E-state index in [0.29, 0.717) is 17.5 Å². The molecule has 0 saturated carbocycles. The van der Waals surface area contributed by atoms with Crippen molar-refractivity contribution in [2.45, 2.75) is 64.5 Å². The molecule has 4 rings (SSSR count). The maximum atomic E-state index is 12.8. The Hall–Kier alpha value is -1.89. The third-order valence-electron chi connectivity index (χ3n) is 6.87. The fourth-order valence-corrected chi connectivity index (χ4v) is 5.08. The normalized spacial score (nSPS) is 24.4. The molecule has 0 unspecified atom stereocenters. The number of nitrogens with zero attached hydrogens (tertiary/aromatic N) is 5. The molecule has 0 spiro atoms. The van der Waals surface area contributed by atoms with E-state index in [1.165, 1.54) is 0 Å². The lowest BCUT2D eigenvalue weighted by molar-refractivity contribution is -0.136. The molecule has 1 aromatic rings. The van der Waals surface area contributed by atoms with Gasteiger partial charge in [0.2, 0.25) is 5.91 Å². The first-order chi connectivity index (χ1) is 14.0. The van der Waals surface area contributed by atoms with Crippen LogP contribution in [0.4, 0.5) is 0 Å². The molecule has 2 amide bonds. The summed E-state index contributed by atoms with van der Waals surface area (Å²) in [5.74, 6) is 0.640. The number of carbonyl (C=O) groups excluding carboxylic acids is 2. The number of hydrogen-bond donors (Lipinski definition) is 0. The monoisotopic (exact) mass is 401 g/mol. The summed E-state index contributed by atoms with van der Waals surface area (Å²) in [4.78, 5) is 32.2. The second-order valence-electron chi connectivity index (χ2n) is 9.19. The molecule has 3 aliphatic heterocycles. The van der Waals surface area contributed by atoms with Crippen LogP contribution >= 0.6 is 0 Å². The quantitative estimate of drug-likeness (QED) is 0.777. The summed E-state index contributed by atoms with van der Waals surface area (Å²) in [5.41, 5.74) is 0.686. The smallest absolute Gasteiger partial charge is 0.257 e. The van der Waals surface area contributed by atoms with Gasteiger partial charge in [0.15, 0.2) is 0 Å². The van der Waals surface area contributed by atoms with Gasteiger partial charge in [-0.25, -0.2) is 0 Å². The zero-order valence-electron chi connectivity index (χ0n) is 17.9. The highest BCUT2D eigenvalue weighted by Crippen LogP contribution is 2.26. The van der Waals surface area contributed by atoms with E-state index in [0.717, 1.165) is 77.8 Å². The van der Waals surface area contributed by atoms with E-state index in [2.05, 4.69) is 28.7 Å². The third kappa shape index (κ3) is 4.49. The Morgan fingerprint density at radius 3 is 2.34 bits per heavy atom. The minimum Gasteiger partial charge on any atom is -0.342 e. The lowest BCUT2D eigenvalue weighted by atomic mass is 9.93. The molecule has 1 atom stereocenters. The second kappa shape index (κ2) is 8.86. The van der Waals surface area contributed by atoms with Gasteiger partial charge in [0, 0.05) is 51.0 Å². The van der Waals surface area contributed by atoms with Crippen LogP contribution in [0.3, 0.4) is 0 Å². The van der Waals surface area contributed by atoms with Gasteiger partial charge in [-0.15, -0.1) is 0 Å². The van der Waals surface area contributed by atoms with Gasteiger partial charge in [-0.2, -0.15) is 5.10 Å². The summed E-state index contributed by atoms with van der Waals surface area (Å²) >= 11 is 0. The van der Waals surface area contributed by atoms with Gasteiger partial charge in [-0.05, 0) is 58.9 Å². The molecule has 0 aromatic carbocycles. The summed E-state index contributed by atoms with van der Waals surface area (Å²) in [5, 5.41) is 4.30. The Morgan fingerprint density at radius 2 is 1.69 bits per heavy atom. The average molecular weight is 402 g/mol. The topological polar surface area (TPSA) is 61.7 Å². The van der Waals surface area contributed by atoms with Crippen LogP contribution in [0, 0.1) is 5.92 Å². The SMILES string of the molecule is CC(C)n1cc(C(=O)N2CCC(N3CCC[C@@H](C(=O)N4CCCC4)C3)CC2)cn1. The van der Waals surface area contributed by atoms with Crippen molar-refractivity contribution in [2.75, 3.05) is 39.3 Å². The van der Waals surface area contributed by atoms with Crippen LogP contribution in [-0.2, 0) is 4.79 Å². The van der Waals surface area contributed by atoms with Crippen LogP contribution < -0.4 is 0 Å². The van der Waals surface area contributed by atoms with E-state index in [9.17, 15) is 9.59 Å². The fourth-order valence-electron chi connectivity index (χ4n) is 5.08. The van der Waals surface area contributed by atoms with Gasteiger partial charge in [0.25, 0.3) is 5.91 Å². The molecule has 160 valence electrons. The third-order valence-corrected chi connectivity index (χ3v) is 6.87. The Balaban J connectivity index is 1.29. The van der Waals surface area contributed by atoms with E-state index in [1.807, 2.05) is 15.8 Å². The number of likely N-dealkylation sites (tertiary alicyclic amines) is 3. The summed E-state index contributed by atoms with van der Waals surface area (Å²) in [6.07, 6.45) is 9.99. The standard InChI is InChI=1S/C22H35N5O2/c1-17(2)27-16-19(14-23-27)22(29)25-12-7-20(8-13-25)26-11-5-6-18(15-26)21(28)24-9-3-4-10-24/h14,16-18,20H,3-13,15H2,1-2H3/t18-/m1/s1. The maximum Gasteiger partial charge on any atom is 0.257 e. The molecule has 3 fully saturated rings. The molecule has 3 aliphatic rings. The van der Waals surface area contributed by atoms with Crippen molar-refractivity contribution in [1.82, 2.24) is 24.5 Å². The van der Waals surface area contributed by atoms with Crippen LogP contribution in [-0.4, -0.2) is 81.6 Å². The Labute approximate surface area is 174 Å². The van der Waals surface area contributed by atoms with E-state index >= 15 is 0 Å². The Kier molecular flexibility index (Phi) is 6.23.